The number of fused-ring (bicyclic) bond motifs is 1. The fraction of sp³-hybridized carbons (Fsp3) is 0.200. The molecule has 1 aliphatic rings. The molecule has 0 amide bonds. The summed E-state index contributed by atoms with van der Waals surface area (Å²) >= 11 is 0. The van der Waals surface area contributed by atoms with Crippen LogP contribution in [-0.2, 0) is 17.3 Å². The first-order valence-corrected chi connectivity index (χ1v) is 5.23. The van der Waals surface area contributed by atoms with Gasteiger partial charge < -0.3 is 5.84 Å². The average Bonchev–Trinajstić information content (AvgIpc) is 2.47. The minimum absolute atomic E-state index is 0.0839. The van der Waals surface area contributed by atoms with E-state index in [4.69, 9.17) is 5.84 Å². The molecule has 0 unspecified atom stereocenters. The Morgan fingerprint density at radius 2 is 2.33 bits per heavy atom. The number of nitrogens with zero attached hydrogens (tertiary/aromatic N) is 5. The smallest absolute Gasteiger partial charge is 0.305 e. The second kappa shape index (κ2) is 3.02. The van der Waals surface area contributed by atoms with Gasteiger partial charge in [0.15, 0.2) is 0 Å². The molecule has 0 fully saturated rings. The van der Waals surface area contributed by atoms with Crippen LogP contribution in [0.5, 0.6) is 0 Å². The Balaban J connectivity index is 2.67. The molecule has 0 saturated heterocycles. The number of aryl methyl sites for hydroxylation is 1. The summed E-state index contributed by atoms with van der Waals surface area (Å²) < 4.78 is 29.4. The van der Waals surface area contributed by atoms with Crippen molar-refractivity contribution in [3.8, 4) is 0 Å². The van der Waals surface area contributed by atoms with Crippen LogP contribution in [0.1, 0.15) is 5.56 Å². The molecule has 0 bridgehead atoms. The molecule has 0 spiro atoms. The van der Waals surface area contributed by atoms with E-state index in [1.165, 1.54) is 10.9 Å². The zero-order chi connectivity index (χ0) is 11.1. The van der Waals surface area contributed by atoms with E-state index in [1.54, 1.807) is 7.05 Å². The molecule has 1 aromatic rings. The standard InChI is InChI=1S/C5H7N7O2S/c1-12-5-3(2-7-12)4(8-11-6)9-15(13,14)10-5/h2,10H,1H3,(H2,6,8,9). The molecular weight excluding hydrogens is 222 g/mol. The van der Waals surface area contributed by atoms with Crippen molar-refractivity contribution in [2.24, 2.45) is 27.6 Å². The second-order valence-electron chi connectivity index (χ2n) is 2.74. The predicted molar refractivity (Wildman–Crippen MR) is 51.3 cm³/mol. The van der Waals surface area contributed by atoms with E-state index in [1.807, 2.05) is 0 Å². The minimum Gasteiger partial charge on any atom is -0.305 e. The summed E-state index contributed by atoms with van der Waals surface area (Å²) in [5.74, 6) is 5.05. The number of nitrogens with two attached hydrogens (primary N) is 1. The monoisotopic (exact) mass is 229 g/mol. The van der Waals surface area contributed by atoms with Crippen molar-refractivity contribution in [1.82, 2.24) is 9.78 Å². The number of nitrogens with one attached hydrogen (secondary N) is 1. The summed E-state index contributed by atoms with van der Waals surface area (Å²) in [4.78, 5) is 0. The van der Waals surface area contributed by atoms with Crippen LogP contribution in [0.4, 0.5) is 5.82 Å². The van der Waals surface area contributed by atoms with Crippen molar-refractivity contribution in [3.63, 3.8) is 0 Å². The summed E-state index contributed by atoms with van der Waals surface area (Å²) in [7, 11) is -2.20. The lowest BCUT2D eigenvalue weighted by Crippen LogP contribution is -2.21. The highest BCUT2D eigenvalue weighted by Gasteiger charge is 2.26. The van der Waals surface area contributed by atoms with Gasteiger partial charge in [0.1, 0.15) is 5.82 Å². The zero-order valence-corrected chi connectivity index (χ0v) is 8.43. The Morgan fingerprint density at radius 1 is 1.60 bits per heavy atom. The van der Waals surface area contributed by atoms with Gasteiger partial charge in [0.25, 0.3) is 0 Å². The van der Waals surface area contributed by atoms with Gasteiger partial charge in [-0.1, -0.05) is 5.22 Å². The zero-order valence-electron chi connectivity index (χ0n) is 7.62. The summed E-state index contributed by atoms with van der Waals surface area (Å²) in [6, 6.07) is 0. The molecule has 9 nitrogen and oxygen atoms in total. The van der Waals surface area contributed by atoms with Gasteiger partial charge in [-0.3, -0.25) is 4.68 Å². The lowest BCUT2D eigenvalue weighted by molar-refractivity contribution is 0.601. The van der Waals surface area contributed by atoms with Crippen molar-refractivity contribution < 1.29 is 8.42 Å². The molecule has 15 heavy (non-hydrogen) atoms. The van der Waals surface area contributed by atoms with Crippen LogP contribution in [0.3, 0.4) is 0 Å². The van der Waals surface area contributed by atoms with Gasteiger partial charge in [-0.15, -0.1) is 9.51 Å². The van der Waals surface area contributed by atoms with E-state index in [0.717, 1.165) is 0 Å². The van der Waals surface area contributed by atoms with E-state index >= 15 is 0 Å². The lowest BCUT2D eigenvalue weighted by Gasteiger charge is -2.11. The highest BCUT2D eigenvalue weighted by Crippen LogP contribution is 2.22. The largest absolute Gasteiger partial charge is 0.345 e. The van der Waals surface area contributed by atoms with Crippen molar-refractivity contribution in [2.75, 3.05) is 4.72 Å². The first kappa shape index (κ1) is 9.58. The van der Waals surface area contributed by atoms with E-state index in [9.17, 15) is 8.42 Å². The summed E-state index contributed by atoms with van der Waals surface area (Å²) in [5.41, 5.74) is 0.432. The maximum atomic E-state index is 11.3. The molecule has 2 rings (SSSR count). The number of aromatic nitrogens is 2. The van der Waals surface area contributed by atoms with Gasteiger partial charge in [0, 0.05) is 7.05 Å². The molecule has 0 atom stereocenters. The third kappa shape index (κ3) is 1.54. The Labute approximate surface area is 84.9 Å². The Kier molecular flexibility index (Phi) is 1.93. The Bertz CT molecular complexity index is 554. The Hall–Kier alpha value is -1.97. The van der Waals surface area contributed by atoms with Gasteiger partial charge in [-0.25, -0.2) is 4.72 Å². The maximum absolute atomic E-state index is 11.3. The van der Waals surface area contributed by atoms with Crippen LogP contribution in [0.15, 0.2) is 20.9 Å². The number of hydrogen-bond acceptors (Lipinski definition) is 5. The topological polar surface area (TPSA) is 127 Å². The lowest BCUT2D eigenvalue weighted by atomic mass is 10.3. The van der Waals surface area contributed by atoms with Gasteiger partial charge in [0.05, 0.1) is 11.8 Å². The van der Waals surface area contributed by atoms with Gasteiger partial charge in [-0.05, 0) is 0 Å². The second-order valence-corrected chi connectivity index (χ2v) is 4.07. The number of anilines is 1. The molecule has 1 aromatic heterocycles. The number of rotatable bonds is 0. The fourth-order valence-electron chi connectivity index (χ4n) is 1.16. The molecule has 0 aliphatic carbocycles. The van der Waals surface area contributed by atoms with Gasteiger partial charge in [0.2, 0.25) is 5.84 Å². The third-order valence-corrected chi connectivity index (χ3v) is 2.63. The molecule has 1 aliphatic heterocycles. The predicted octanol–water partition coefficient (Wildman–Crippen LogP) is -0.837. The van der Waals surface area contributed by atoms with Crippen molar-refractivity contribution in [1.29, 1.82) is 0 Å². The quantitative estimate of drug-likeness (QED) is 0.341. The number of hydrogen-bond donors (Lipinski definition) is 2. The van der Waals surface area contributed by atoms with Crippen LogP contribution in [0.25, 0.3) is 0 Å². The SMILES string of the molecule is Cn1ncc2c1NS(=O)(=O)N=C2N=NN. The molecule has 0 saturated carbocycles. The maximum Gasteiger partial charge on any atom is 0.345 e. The van der Waals surface area contributed by atoms with Crippen LogP contribution in [0.2, 0.25) is 0 Å². The summed E-state index contributed by atoms with van der Waals surface area (Å²) in [6.07, 6.45) is 1.42. The average molecular weight is 229 g/mol. The normalized spacial score (nSPS) is 18.3. The highest BCUT2D eigenvalue weighted by atomic mass is 32.2. The molecule has 0 radical (unpaired) electrons. The van der Waals surface area contributed by atoms with Crippen LogP contribution in [-0.4, -0.2) is 24.0 Å². The van der Waals surface area contributed by atoms with E-state index < -0.39 is 10.2 Å². The molecule has 10 heteroatoms. The highest BCUT2D eigenvalue weighted by molar-refractivity contribution is 7.91. The van der Waals surface area contributed by atoms with Crippen molar-refractivity contribution >= 4 is 21.9 Å². The number of amidine groups is 1. The molecule has 2 heterocycles. The van der Waals surface area contributed by atoms with Crippen molar-refractivity contribution in [3.05, 3.63) is 11.8 Å². The third-order valence-electron chi connectivity index (χ3n) is 1.76. The summed E-state index contributed by atoms with van der Waals surface area (Å²) in [5, 5.41) is 10.3. The molecule has 80 valence electrons. The summed E-state index contributed by atoms with van der Waals surface area (Å²) in [6.45, 7) is 0. The van der Waals surface area contributed by atoms with E-state index in [2.05, 4.69) is 24.6 Å². The van der Waals surface area contributed by atoms with Gasteiger partial charge in [-0.2, -0.15) is 13.5 Å². The van der Waals surface area contributed by atoms with E-state index in [0.29, 0.717) is 5.56 Å². The fourth-order valence-corrected chi connectivity index (χ4v) is 2.05. The minimum atomic E-state index is -3.79. The van der Waals surface area contributed by atoms with E-state index in [-0.39, 0.29) is 11.7 Å². The first-order valence-electron chi connectivity index (χ1n) is 3.79. The first-order chi connectivity index (χ1) is 7.03. The molecule has 0 aromatic carbocycles. The van der Waals surface area contributed by atoms with Crippen LogP contribution >= 0.6 is 0 Å². The van der Waals surface area contributed by atoms with Gasteiger partial charge >= 0.3 is 10.2 Å². The van der Waals surface area contributed by atoms with Crippen molar-refractivity contribution in [2.45, 2.75) is 0 Å². The molecule has 3 N–H and O–H groups in total. The molecular formula is C5H7N7O2S. The van der Waals surface area contributed by atoms with Crippen LogP contribution < -0.4 is 10.6 Å². The van der Waals surface area contributed by atoms with Crippen LogP contribution in [0, 0.1) is 0 Å². The Morgan fingerprint density at radius 3 is 3.00 bits per heavy atom.